The van der Waals surface area contributed by atoms with Gasteiger partial charge in [0.2, 0.25) is 0 Å². The molecule has 0 aromatic rings. The molecule has 0 aromatic heterocycles. The zero-order chi connectivity index (χ0) is 60.1. The number of phosphoric acid groups is 1. The minimum Gasteiger partial charge on any atom is -0.462 e. The van der Waals surface area contributed by atoms with Gasteiger partial charge in [-0.1, -0.05) is 303 Å². The van der Waals surface area contributed by atoms with Crippen LogP contribution in [0.25, 0.3) is 0 Å². The lowest BCUT2D eigenvalue weighted by atomic mass is 10.0. The van der Waals surface area contributed by atoms with Gasteiger partial charge in [0.25, 0.3) is 0 Å². The molecule has 10 heteroatoms. The zero-order valence-electron chi connectivity index (χ0n) is 53.7. The van der Waals surface area contributed by atoms with Crippen LogP contribution in [0.15, 0.2) is 109 Å². The maximum absolute atomic E-state index is 12.8. The van der Waals surface area contributed by atoms with Crippen molar-refractivity contribution in [2.24, 2.45) is 5.73 Å². The van der Waals surface area contributed by atoms with Crippen molar-refractivity contribution in [2.45, 2.75) is 315 Å². The normalized spacial score (nSPS) is 13.6. The number of hydrogen-bond donors (Lipinski definition) is 2. The number of hydrogen-bond acceptors (Lipinski definition) is 8. The Morgan fingerprint density at radius 1 is 0.373 bits per heavy atom. The molecule has 478 valence electrons. The Morgan fingerprint density at radius 2 is 0.663 bits per heavy atom. The van der Waals surface area contributed by atoms with Crippen LogP contribution in [-0.4, -0.2) is 49.3 Å². The van der Waals surface area contributed by atoms with Crippen molar-refractivity contribution < 1.29 is 37.6 Å². The van der Waals surface area contributed by atoms with Crippen LogP contribution in [0.3, 0.4) is 0 Å². The third kappa shape index (κ3) is 67.7. The molecule has 0 rings (SSSR count). The smallest absolute Gasteiger partial charge is 0.462 e. The number of allylic oxidation sites excluding steroid dienone is 18. The van der Waals surface area contributed by atoms with Gasteiger partial charge in [-0.25, -0.2) is 4.57 Å². The quantitative estimate of drug-likeness (QED) is 0.0264. The maximum atomic E-state index is 12.8. The number of unbranched alkanes of at least 4 members (excludes halogenated alkanes) is 33. The molecular weight excluding hydrogens is 1050 g/mol. The number of carbonyl (C=O) groups is 2. The lowest BCUT2D eigenvalue weighted by Crippen LogP contribution is -2.29. The molecule has 0 aliphatic carbocycles. The van der Waals surface area contributed by atoms with Crippen LogP contribution in [0, 0.1) is 0 Å². The molecule has 9 nitrogen and oxygen atoms in total. The van der Waals surface area contributed by atoms with Crippen molar-refractivity contribution >= 4 is 19.8 Å². The van der Waals surface area contributed by atoms with Crippen molar-refractivity contribution in [1.29, 1.82) is 0 Å². The number of carbonyl (C=O) groups excluding carboxylic acids is 2. The highest BCUT2D eigenvalue weighted by Crippen LogP contribution is 2.43. The SMILES string of the molecule is CC/C=C\C/C=C\C/C=C\C/C=C\C/C=C\C/C=C\C/C=C\CCCCCCCCCCCCCCCCCC(=O)OC(COC(=O)CCCCCCCCCCCCCCC/C=C\C/C=C\CCCCCCC)COP(=O)(O)OCCN. The second-order valence-electron chi connectivity index (χ2n) is 22.7. The summed E-state index contributed by atoms with van der Waals surface area (Å²) in [6, 6.07) is 0. The lowest BCUT2D eigenvalue weighted by Gasteiger charge is -2.19. The van der Waals surface area contributed by atoms with Gasteiger partial charge in [-0.05, 0) is 103 Å². The van der Waals surface area contributed by atoms with Crippen LogP contribution in [0.5, 0.6) is 0 Å². The summed E-state index contributed by atoms with van der Waals surface area (Å²) >= 11 is 0. The summed E-state index contributed by atoms with van der Waals surface area (Å²) in [5.41, 5.74) is 5.40. The minimum absolute atomic E-state index is 0.0506. The van der Waals surface area contributed by atoms with E-state index in [1.54, 1.807) is 0 Å². The second kappa shape index (κ2) is 67.8. The van der Waals surface area contributed by atoms with Gasteiger partial charge in [0, 0.05) is 19.4 Å². The molecule has 83 heavy (non-hydrogen) atoms. The summed E-state index contributed by atoms with van der Waals surface area (Å²) < 4.78 is 33.2. The van der Waals surface area contributed by atoms with E-state index < -0.39 is 26.5 Å². The van der Waals surface area contributed by atoms with Crippen LogP contribution >= 0.6 is 7.82 Å². The van der Waals surface area contributed by atoms with E-state index in [0.29, 0.717) is 6.42 Å². The predicted octanol–water partition coefficient (Wildman–Crippen LogP) is 22.5. The van der Waals surface area contributed by atoms with E-state index in [9.17, 15) is 19.0 Å². The van der Waals surface area contributed by atoms with Crippen molar-refractivity contribution in [1.82, 2.24) is 0 Å². The van der Waals surface area contributed by atoms with Crippen molar-refractivity contribution in [3.05, 3.63) is 109 Å². The second-order valence-corrected chi connectivity index (χ2v) is 24.1. The summed E-state index contributed by atoms with van der Waals surface area (Å²) in [4.78, 5) is 35.3. The molecule has 0 aromatic carbocycles. The fraction of sp³-hybridized carbons (Fsp3) is 0.726. The summed E-state index contributed by atoms with van der Waals surface area (Å²) in [6.07, 6.45) is 93.1. The molecule has 0 radical (unpaired) electrons. The number of rotatable bonds is 64. The van der Waals surface area contributed by atoms with Gasteiger partial charge >= 0.3 is 19.8 Å². The van der Waals surface area contributed by atoms with Crippen molar-refractivity contribution in [3.63, 3.8) is 0 Å². The molecular formula is C73H128NO8P. The van der Waals surface area contributed by atoms with E-state index in [2.05, 4.69) is 123 Å². The van der Waals surface area contributed by atoms with Crippen molar-refractivity contribution in [3.8, 4) is 0 Å². The largest absolute Gasteiger partial charge is 0.472 e. The molecule has 0 bridgehead atoms. The summed E-state index contributed by atoms with van der Waals surface area (Å²) in [5.74, 6) is -0.822. The van der Waals surface area contributed by atoms with Crippen LogP contribution < -0.4 is 5.73 Å². The molecule has 2 unspecified atom stereocenters. The van der Waals surface area contributed by atoms with Crippen LogP contribution in [0.1, 0.15) is 309 Å². The Kier molecular flexibility index (Phi) is 65.1. The summed E-state index contributed by atoms with van der Waals surface area (Å²) in [5, 5.41) is 0. The van der Waals surface area contributed by atoms with Crippen LogP contribution in [0.2, 0.25) is 0 Å². The van der Waals surface area contributed by atoms with Gasteiger partial charge in [0.05, 0.1) is 13.2 Å². The molecule has 0 saturated carbocycles. The Bertz CT molecular complexity index is 1730. The highest BCUT2D eigenvalue weighted by atomic mass is 31.2. The molecule has 0 saturated heterocycles. The van der Waals surface area contributed by atoms with Gasteiger partial charge in [0.1, 0.15) is 6.61 Å². The standard InChI is InChI=1S/C73H128NO8P/c1-3-5-7-9-11-13-15-17-19-21-23-25-27-29-30-31-32-33-34-35-36-37-38-39-40-42-44-46-48-50-52-54-56-58-60-62-64-66-73(76)82-71(70-81-83(77,78)80-68-67-74)69-79-72(75)65-63-61-59-57-55-53-51-49-47-45-43-41-28-26-24-22-20-18-16-14-12-10-8-6-4-2/h5,7,11,13,16-19,22-25,29-30,32-33,35-36,71H,3-4,6,8-10,12,14-15,20-21,26-28,31,34,37-70,74H2,1-2H3,(H,77,78)/b7-5-,13-11-,18-16-,19-17-,24-22-,25-23-,30-29-,33-32-,36-35-. The topological polar surface area (TPSA) is 134 Å². The molecule has 0 aliphatic heterocycles. The van der Waals surface area contributed by atoms with Gasteiger partial charge in [-0.15, -0.1) is 0 Å². The fourth-order valence-corrected chi connectivity index (χ4v) is 10.4. The van der Waals surface area contributed by atoms with Crippen molar-refractivity contribution in [2.75, 3.05) is 26.4 Å². The van der Waals surface area contributed by atoms with E-state index in [0.717, 1.165) is 89.9 Å². The monoisotopic (exact) mass is 1180 g/mol. The molecule has 0 aliphatic rings. The fourth-order valence-electron chi connectivity index (χ4n) is 9.59. The van der Waals surface area contributed by atoms with E-state index in [1.807, 2.05) is 0 Å². The first-order valence-electron chi connectivity index (χ1n) is 34.4. The first-order valence-corrected chi connectivity index (χ1v) is 35.9. The van der Waals surface area contributed by atoms with Gasteiger partial charge in [0.15, 0.2) is 6.10 Å². The molecule has 2 atom stereocenters. The number of nitrogens with two attached hydrogens (primary N) is 1. The maximum Gasteiger partial charge on any atom is 0.472 e. The predicted molar refractivity (Wildman–Crippen MR) is 358 cm³/mol. The molecule has 0 spiro atoms. The highest BCUT2D eigenvalue weighted by Gasteiger charge is 2.26. The third-order valence-corrected chi connectivity index (χ3v) is 15.6. The Balaban J connectivity index is 3.89. The van der Waals surface area contributed by atoms with Gasteiger partial charge in [-0.2, -0.15) is 0 Å². The van der Waals surface area contributed by atoms with Gasteiger partial charge < -0.3 is 20.1 Å². The summed E-state index contributed by atoms with van der Waals surface area (Å²) in [7, 11) is -4.40. The first-order chi connectivity index (χ1) is 40.8. The molecule has 0 fully saturated rings. The molecule has 0 heterocycles. The molecule has 0 amide bonds. The lowest BCUT2D eigenvalue weighted by molar-refractivity contribution is -0.161. The average Bonchev–Trinajstić information content (AvgIpc) is 3.49. The zero-order valence-corrected chi connectivity index (χ0v) is 54.5. The van der Waals surface area contributed by atoms with Gasteiger partial charge in [-0.3, -0.25) is 18.6 Å². The van der Waals surface area contributed by atoms with E-state index in [-0.39, 0.29) is 38.6 Å². The Morgan fingerprint density at radius 3 is 0.988 bits per heavy atom. The summed E-state index contributed by atoms with van der Waals surface area (Å²) in [6.45, 7) is 3.65. The number of esters is 2. The Hall–Kier alpha value is -3.33. The van der Waals surface area contributed by atoms with Crippen LogP contribution in [0.4, 0.5) is 0 Å². The third-order valence-electron chi connectivity index (χ3n) is 14.6. The highest BCUT2D eigenvalue weighted by molar-refractivity contribution is 7.47. The average molecular weight is 1180 g/mol. The molecule has 3 N–H and O–H groups in total. The minimum atomic E-state index is -4.40. The number of ether oxygens (including phenoxy) is 2. The first kappa shape index (κ1) is 79.7. The Labute approximate surface area is 511 Å². The van der Waals surface area contributed by atoms with E-state index in [1.165, 1.54) is 186 Å². The number of phosphoric ester groups is 1. The van der Waals surface area contributed by atoms with E-state index >= 15 is 0 Å². The van der Waals surface area contributed by atoms with E-state index in [4.69, 9.17) is 24.3 Å². The van der Waals surface area contributed by atoms with Crippen LogP contribution in [-0.2, 0) is 32.7 Å².